The molecule has 0 spiro atoms. The highest BCUT2D eigenvalue weighted by atomic mass is 79.9. The number of nitrogens with zero attached hydrogens (tertiary/aromatic N) is 4. The highest BCUT2D eigenvalue weighted by Gasteiger charge is 2.29. The van der Waals surface area contributed by atoms with Gasteiger partial charge in [0.15, 0.2) is 11.9 Å². The first-order valence-electron chi connectivity index (χ1n) is 5.45. The number of rotatable bonds is 4. The van der Waals surface area contributed by atoms with Gasteiger partial charge in [0.1, 0.15) is 0 Å². The van der Waals surface area contributed by atoms with E-state index in [0.29, 0.717) is 5.56 Å². The molecule has 0 fully saturated rings. The summed E-state index contributed by atoms with van der Waals surface area (Å²) in [5, 5.41) is 29.7. The molecule has 2 aromatic rings. The largest absolute Gasteiger partial charge is 0.480 e. The Bertz CT molecular complexity index is 599. The molecule has 2 unspecified atom stereocenters. The van der Waals surface area contributed by atoms with Gasteiger partial charge in [-0.15, -0.1) is 5.10 Å². The third-order valence-corrected chi connectivity index (χ3v) is 3.04. The summed E-state index contributed by atoms with van der Waals surface area (Å²) in [7, 11) is 0. The van der Waals surface area contributed by atoms with Crippen molar-refractivity contribution in [1.82, 2.24) is 20.2 Å². The van der Waals surface area contributed by atoms with Crippen LogP contribution < -0.4 is 0 Å². The summed E-state index contributed by atoms with van der Waals surface area (Å²) >= 11 is 3.32. The standard InChI is InChI=1S/C11H11BrN4O3/c1-6(17)9(11(18)19)16-10(13-14-15-16)7-3-2-4-8(12)5-7/h2-6,9,17H,1H3,(H,18,19). The van der Waals surface area contributed by atoms with Gasteiger partial charge in [0.2, 0.25) is 0 Å². The predicted molar refractivity (Wildman–Crippen MR) is 69.3 cm³/mol. The van der Waals surface area contributed by atoms with Crippen molar-refractivity contribution in [1.29, 1.82) is 0 Å². The van der Waals surface area contributed by atoms with Gasteiger partial charge in [-0.3, -0.25) is 0 Å². The molecule has 0 saturated carbocycles. The van der Waals surface area contributed by atoms with Crippen LogP contribution in [0.3, 0.4) is 0 Å². The molecule has 2 rings (SSSR count). The Labute approximate surface area is 117 Å². The van der Waals surface area contributed by atoms with E-state index in [1.54, 1.807) is 18.2 Å². The number of hydrogen-bond donors (Lipinski definition) is 2. The lowest BCUT2D eigenvalue weighted by Gasteiger charge is -2.16. The lowest BCUT2D eigenvalue weighted by molar-refractivity contribution is -0.144. The summed E-state index contributed by atoms with van der Waals surface area (Å²) in [6, 6.07) is 5.92. The van der Waals surface area contributed by atoms with Crippen molar-refractivity contribution >= 4 is 21.9 Å². The summed E-state index contributed by atoms with van der Waals surface area (Å²) < 4.78 is 1.93. The second-order valence-corrected chi connectivity index (χ2v) is 4.90. The van der Waals surface area contributed by atoms with E-state index in [-0.39, 0.29) is 5.82 Å². The molecular weight excluding hydrogens is 316 g/mol. The zero-order valence-corrected chi connectivity index (χ0v) is 11.5. The fraction of sp³-hybridized carbons (Fsp3) is 0.273. The van der Waals surface area contributed by atoms with Crippen LogP contribution in [0.15, 0.2) is 28.7 Å². The Kier molecular flexibility index (Phi) is 3.91. The Morgan fingerprint density at radius 3 is 2.79 bits per heavy atom. The molecule has 0 bridgehead atoms. The maximum absolute atomic E-state index is 11.2. The molecule has 19 heavy (non-hydrogen) atoms. The van der Waals surface area contributed by atoms with E-state index < -0.39 is 18.1 Å². The number of aliphatic carboxylic acids is 1. The zero-order valence-electron chi connectivity index (χ0n) is 9.93. The van der Waals surface area contributed by atoms with Crippen molar-refractivity contribution in [3.63, 3.8) is 0 Å². The summed E-state index contributed by atoms with van der Waals surface area (Å²) in [5.41, 5.74) is 0.659. The minimum Gasteiger partial charge on any atom is -0.480 e. The lowest BCUT2D eigenvalue weighted by Crippen LogP contribution is -2.30. The van der Waals surface area contributed by atoms with Gasteiger partial charge in [0.05, 0.1) is 6.10 Å². The molecule has 1 aromatic heterocycles. The van der Waals surface area contributed by atoms with Crippen molar-refractivity contribution in [2.75, 3.05) is 0 Å². The van der Waals surface area contributed by atoms with Crippen LogP contribution in [0.5, 0.6) is 0 Å². The Morgan fingerprint density at radius 2 is 2.21 bits per heavy atom. The van der Waals surface area contributed by atoms with E-state index in [2.05, 4.69) is 31.5 Å². The number of carboxylic acid groups (broad SMARTS) is 1. The molecule has 0 aliphatic rings. The Balaban J connectivity index is 2.50. The molecule has 0 saturated heterocycles. The minimum atomic E-state index is -1.23. The number of carbonyl (C=O) groups is 1. The maximum Gasteiger partial charge on any atom is 0.331 e. The van der Waals surface area contributed by atoms with Crippen molar-refractivity contribution in [2.24, 2.45) is 0 Å². The van der Waals surface area contributed by atoms with E-state index in [0.717, 1.165) is 9.15 Å². The third-order valence-electron chi connectivity index (χ3n) is 2.55. The molecule has 1 heterocycles. The number of aromatic nitrogens is 4. The Morgan fingerprint density at radius 1 is 1.47 bits per heavy atom. The van der Waals surface area contributed by atoms with Gasteiger partial charge in [-0.05, 0) is 29.5 Å². The molecule has 2 N–H and O–H groups in total. The molecule has 0 radical (unpaired) electrons. The van der Waals surface area contributed by atoms with Crippen LogP contribution in [-0.4, -0.2) is 42.5 Å². The number of benzene rings is 1. The van der Waals surface area contributed by atoms with Gasteiger partial charge in [-0.1, -0.05) is 28.1 Å². The van der Waals surface area contributed by atoms with Crippen LogP contribution in [0.4, 0.5) is 0 Å². The molecule has 7 nitrogen and oxygen atoms in total. The van der Waals surface area contributed by atoms with E-state index in [1.165, 1.54) is 6.92 Å². The summed E-state index contributed by atoms with van der Waals surface area (Å²) in [5.74, 6) is -0.909. The van der Waals surface area contributed by atoms with Crippen LogP contribution in [0.1, 0.15) is 13.0 Å². The van der Waals surface area contributed by atoms with E-state index in [1.807, 2.05) is 6.07 Å². The van der Waals surface area contributed by atoms with Crippen LogP contribution >= 0.6 is 15.9 Å². The first-order valence-corrected chi connectivity index (χ1v) is 6.24. The van der Waals surface area contributed by atoms with E-state index in [4.69, 9.17) is 5.11 Å². The first-order chi connectivity index (χ1) is 9.00. The number of aliphatic hydroxyl groups excluding tert-OH is 1. The smallest absolute Gasteiger partial charge is 0.331 e. The van der Waals surface area contributed by atoms with Crippen LogP contribution in [0.2, 0.25) is 0 Å². The van der Waals surface area contributed by atoms with Crippen molar-refractivity contribution in [3.05, 3.63) is 28.7 Å². The van der Waals surface area contributed by atoms with Gasteiger partial charge >= 0.3 is 5.97 Å². The lowest BCUT2D eigenvalue weighted by atomic mass is 10.1. The number of tetrazole rings is 1. The van der Waals surface area contributed by atoms with Crippen LogP contribution in [0.25, 0.3) is 11.4 Å². The third kappa shape index (κ3) is 2.79. The number of hydrogen-bond acceptors (Lipinski definition) is 5. The Hall–Kier alpha value is -1.80. The monoisotopic (exact) mass is 326 g/mol. The van der Waals surface area contributed by atoms with Crippen molar-refractivity contribution < 1.29 is 15.0 Å². The SMILES string of the molecule is CC(O)C(C(=O)O)n1nnnc1-c1cccc(Br)c1. The van der Waals surface area contributed by atoms with Crippen LogP contribution in [-0.2, 0) is 4.79 Å². The fourth-order valence-corrected chi connectivity index (χ4v) is 2.11. The van der Waals surface area contributed by atoms with Gasteiger partial charge in [-0.2, -0.15) is 0 Å². The summed E-state index contributed by atoms with van der Waals surface area (Å²) in [4.78, 5) is 11.2. The first kappa shape index (κ1) is 13.6. The summed E-state index contributed by atoms with van der Waals surface area (Å²) in [6.45, 7) is 1.38. The zero-order chi connectivity index (χ0) is 14.0. The highest BCUT2D eigenvalue weighted by Crippen LogP contribution is 2.23. The van der Waals surface area contributed by atoms with E-state index >= 15 is 0 Å². The quantitative estimate of drug-likeness (QED) is 0.872. The van der Waals surface area contributed by atoms with Crippen molar-refractivity contribution in [3.8, 4) is 11.4 Å². The second-order valence-electron chi connectivity index (χ2n) is 3.98. The van der Waals surface area contributed by atoms with Crippen LogP contribution in [0, 0.1) is 0 Å². The van der Waals surface area contributed by atoms with Gasteiger partial charge < -0.3 is 10.2 Å². The highest BCUT2D eigenvalue weighted by molar-refractivity contribution is 9.10. The topological polar surface area (TPSA) is 101 Å². The van der Waals surface area contributed by atoms with Gasteiger partial charge in [-0.25, -0.2) is 9.48 Å². The molecule has 1 aromatic carbocycles. The van der Waals surface area contributed by atoms with Gasteiger partial charge in [0, 0.05) is 10.0 Å². The molecule has 2 atom stereocenters. The molecule has 0 amide bonds. The van der Waals surface area contributed by atoms with Gasteiger partial charge in [0.25, 0.3) is 0 Å². The number of carboxylic acids is 1. The number of aliphatic hydroxyl groups is 1. The maximum atomic E-state index is 11.2. The molecule has 0 aliphatic heterocycles. The normalized spacial score (nSPS) is 14.1. The number of halogens is 1. The average molecular weight is 327 g/mol. The molecule has 8 heteroatoms. The minimum absolute atomic E-state index is 0.287. The fourth-order valence-electron chi connectivity index (χ4n) is 1.71. The summed E-state index contributed by atoms with van der Waals surface area (Å²) in [6.07, 6.45) is -1.12. The predicted octanol–water partition coefficient (Wildman–Crippen LogP) is 1.11. The average Bonchev–Trinajstić information content (AvgIpc) is 2.77. The molecule has 0 aliphatic carbocycles. The van der Waals surface area contributed by atoms with E-state index in [9.17, 15) is 9.90 Å². The van der Waals surface area contributed by atoms with Crippen molar-refractivity contribution in [2.45, 2.75) is 19.1 Å². The molecule has 100 valence electrons. The second kappa shape index (κ2) is 5.45. The molecular formula is C11H11BrN4O3.